The van der Waals surface area contributed by atoms with Crippen LogP contribution in [0.2, 0.25) is 0 Å². The van der Waals surface area contributed by atoms with Gasteiger partial charge >= 0.3 is 0 Å². The summed E-state index contributed by atoms with van der Waals surface area (Å²) in [5, 5.41) is 0.830. The van der Waals surface area contributed by atoms with Crippen LogP contribution in [0.3, 0.4) is 0 Å². The highest BCUT2D eigenvalue weighted by Gasteiger charge is 2.13. The Morgan fingerprint density at radius 2 is 2.00 bits per heavy atom. The van der Waals surface area contributed by atoms with E-state index in [2.05, 4.69) is 44.0 Å². The molecule has 0 aliphatic heterocycles. The average Bonchev–Trinajstić information content (AvgIpc) is 2.45. The quantitative estimate of drug-likeness (QED) is 0.616. The summed E-state index contributed by atoms with van der Waals surface area (Å²) in [7, 11) is 1.47. The molecule has 1 nitrogen and oxygen atoms in total. The van der Waals surface area contributed by atoms with Crippen LogP contribution in [0.4, 0.5) is 4.39 Å². The Morgan fingerprint density at radius 1 is 1.20 bits per heavy atom. The highest BCUT2D eigenvalue weighted by atomic mass is 79.9. The van der Waals surface area contributed by atoms with Gasteiger partial charge in [-0.15, -0.1) is 0 Å². The zero-order valence-corrected chi connectivity index (χ0v) is 14.2. The molecule has 4 heteroatoms. The molecule has 0 aromatic heterocycles. The second-order valence-corrected chi connectivity index (χ2v) is 6.14. The molecule has 1 unspecified atom stereocenters. The van der Waals surface area contributed by atoms with Crippen molar-refractivity contribution in [3.63, 3.8) is 0 Å². The number of halogens is 3. The van der Waals surface area contributed by atoms with Crippen LogP contribution in [0, 0.1) is 5.82 Å². The van der Waals surface area contributed by atoms with Crippen LogP contribution in [-0.2, 0) is 6.42 Å². The van der Waals surface area contributed by atoms with Gasteiger partial charge in [-0.2, -0.15) is 0 Å². The Morgan fingerprint density at radius 3 is 2.60 bits per heavy atom. The topological polar surface area (TPSA) is 9.23 Å². The minimum Gasteiger partial charge on any atom is -0.494 e. The Hall–Kier alpha value is -0.870. The first-order valence-corrected chi connectivity index (χ1v) is 8.19. The lowest BCUT2D eigenvalue weighted by molar-refractivity contribution is 0.386. The maximum absolute atomic E-state index is 13.7. The first-order chi connectivity index (χ1) is 9.63. The zero-order chi connectivity index (χ0) is 14.5. The molecular formula is C16H15Br2FO. The van der Waals surface area contributed by atoms with Crippen molar-refractivity contribution in [3.05, 3.63) is 63.9 Å². The number of hydrogen-bond donors (Lipinski definition) is 0. The van der Waals surface area contributed by atoms with E-state index >= 15 is 0 Å². The number of rotatable bonds is 5. The van der Waals surface area contributed by atoms with Crippen LogP contribution < -0.4 is 4.74 Å². The van der Waals surface area contributed by atoms with Gasteiger partial charge in [0.15, 0.2) is 11.6 Å². The fourth-order valence-electron chi connectivity index (χ4n) is 2.14. The summed E-state index contributed by atoms with van der Waals surface area (Å²) < 4.78 is 19.7. The van der Waals surface area contributed by atoms with E-state index in [1.165, 1.54) is 12.7 Å². The van der Waals surface area contributed by atoms with Gasteiger partial charge in [0.2, 0.25) is 0 Å². The zero-order valence-electron chi connectivity index (χ0n) is 11.1. The molecule has 0 saturated carbocycles. The molecule has 0 N–H and O–H groups in total. The smallest absolute Gasteiger partial charge is 0.165 e. The first kappa shape index (κ1) is 15.5. The molecule has 20 heavy (non-hydrogen) atoms. The van der Waals surface area contributed by atoms with E-state index in [0.29, 0.717) is 5.92 Å². The molecule has 0 aliphatic rings. The first-order valence-electron chi connectivity index (χ1n) is 6.28. The Labute approximate surface area is 135 Å². The molecule has 0 spiro atoms. The van der Waals surface area contributed by atoms with E-state index < -0.39 is 0 Å². The summed E-state index contributed by atoms with van der Waals surface area (Å²) in [5.41, 5.74) is 2.19. The van der Waals surface area contributed by atoms with Crippen molar-refractivity contribution in [2.75, 3.05) is 12.4 Å². The highest BCUT2D eigenvalue weighted by Crippen LogP contribution is 2.27. The molecule has 0 radical (unpaired) electrons. The summed E-state index contributed by atoms with van der Waals surface area (Å²) in [5.74, 6) is 0.277. The van der Waals surface area contributed by atoms with Crippen LogP contribution >= 0.6 is 31.9 Å². The second-order valence-electron chi connectivity index (χ2n) is 4.58. The summed E-state index contributed by atoms with van der Waals surface area (Å²) in [6.45, 7) is 0. The lowest BCUT2D eigenvalue weighted by Gasteiger charge is -2.15. The van der Waals surface area contributed by atoms with E-state index in [9.17, 15) is 4.39 Å². The van der Waals surface area contributed by atoms with Gasteiger partial charge in [-0.1, -0.05) is 50.1 Å². The SMILES string of the molecule is COc1ccc(CC(CBr)c2cccc(Br)c2)cc1F. The lowest BCUT2D eigenvalue weighted by atomic mass is 9.94. The third-order valence-electron chi connectivity index (χ3n) is 3.20. The van der Waals surface area contributed by atoms with Crippen molar-refractivity contribution < 1.29 is 9.13 Å². The summed E-state index contributed by atoms with van der Waals surface area (Å²) in [4.78, 5) is 0. The van der Waals surface area contributed by atoms with Crippen LogP contribution in [0.1, 0.15) is 17.0 Å². The van der Waals surface area contributed by atoms with Crippen molar-refractivity contribution in [2.24, 2.45) is 0 Å². The van der Waals surface area contributed by atoms with Crippen molar-refractivity contribution >= 4 is 31.9 Å². The van der Waals surface area contributed by atoms with Crippen molar-refractivity contribution in [1.82, 2.24) is 0 Å². The van der Waals surface area contributed by atoms with E-state index in [1.54, 1.807) is 12.1 Å². The van der Waals surface area contributed by atoms with Crippen molar-refractivity contribution in [2.45, 2.75) is 12.3 Å². The Balaban J connectivity index is 2.20. The maximum atomic E-state index is 13.7. The van der Waals surface area contributed by atoms with Crippen LogP contribution in [0.25, 0.3) is 0 Å². The summed E-state index contributed by atoms with van der Waals surface area (Å²) >= 11 is 7.03. The Bertz CT molecular complexity index is 586. The molecule has 0 amide bonds. The average molecular weight is 402 g/mol. The van der Waals surface area contributed by atoms with Crippen molar-refractivity contribution in [1.29, 1.82) is 0 Å². The molecule has 106 valence electrons. The monoisotopic (exact) mass is 400 g/mol. The number of methoxy groups -OCH3 is 1. The van der Waals surface area contributed by atoms with Gasteiger partial charge in [-0.25, -0.2) is 4.39 Å². The number of alkyl halides is 1. The van der Waals surface area contributed by atoms with Gasteiger partial charge in [-0.05, 0) is 47.7 Å². The molecule has 0 fully saturated rings. The lowest BCUT2D eigenvalue weighted by Crippen LogP contribution is -2.05. The predicted molar refractivity (Wildman–Crippen MR) is 87.3 cm³/mol. The minimum absolute atomic E-state index is 0.284. The maximum Gasteiger partial charge on any atom is 0.165 e. The molecule has 2 aromatic carbocycles. The third-order valence-corrected chi connectivity index (χ3v) is 4.48. The molecule has 0 bridgehead atoms. The number of benzene rings is 2. The fraction of sp³-hybridized carbons (Fsp3) is 0.250. The molecule has 2 aromatic rings. The van der Waals surface area contributed by atoms with Gasteiger partial charge in [-0.3, -0.25) is 0 Å². The molecule has 1 atom stereocenters. The number of hydrogen-bond acceptors (Lipinski definition) is 1. The molecule has 0 aliphatic carbocycles. The highest BCUT2D eigenvalue weighted by molar-refractivity contribution is 9.10. The van der Waals surface area contributed by atoms with Crippen LogP contribution in [0.15, 0.2) is 46.9 Å². The normalized spacial score (nSPS) is 12.2. The minimum atomic E-state index is -0.312. The van der Waals surface area contributed by atoms with E-state index in [-0.39, 0.29) is 11.6 Å². The summed E-state index contributed by atoms with van der Waals surface area (Å²) in [6.07, 6.45) is 0.780. The predicted octanol–water partition coefficient (Wildman–Crippen LogP) is 5.32. The number of ether oxygens (including phenoxy) is 1. The van der Waals surface area contributed by atoms with Gasteiger partial charge in [0.25, 0.3) is 0 Å². The van der Waals surface area contributed by atoms with Crippen LogP contribution in [0.5, 0.6) is 5.75 Å². The van der Waals surface area contributed by atoms with E-state index in [0.717, 1.165) is 21.8 Å². The second kappa shape index (κ2) is 7.23. The standard InChI is InChI=1S/C16H15Br2FO/c1-20-16-6-5-11(8-15(16)19)7-13(10-17)12-3-2-4-14(18)9-12/h2-6,8-9,13H,7,10H2,1H3. The van der Waals surface area contributed by atoms with Gasteiger partial charge in [0.05, 0.1) is 7.11 Å². The van der Waals surface area contributed by atoms with Gasteiger partial charge < -0.3 is 4.74 Å². The Kier molecular flexibility index (Phi) is 5.61. The van der Waals surface area contributed by atoms with Crippen molar-refractivity contribution in [3.8, 4) is 5.75 Å². The molecule has 0 saturated heterocycles. The summed E-state index contributed by atoms with van der Waals surface area (Å²) in [6, 6.07) is 13.4. The molecule has 0 heterocycles. The van der Waals surface area contributed by atoms with Gasteiger partial charge in [0, 0.05) is 9.80 Å². The van der Waals surface area contributed by atoms with E-state index in [4.69, 9.17) is 4.74 Å². The van der Waals surface area contributed by atoms with Gasteiger partial charge in [0.1, 0.15) is 0 Å². The van der Waals surface area contributed by atoms with E-state index in [1.807, 2.05) is 18.2 Å². The largest absolute Gasteiger partial charge is 0.494 e. The molecule has 2 rings (SSSR count). The molecular weight excluding hydrogens is 387 g/mol. The third kappa shape index (κ3) is 3.83. The van der Waals surface area contributed by atoms with Crippen LogP contribution in [-0.4, -0.2) is 12.4 Å². The fourth-order valence-corrected chi connectivity index (χ4v) is 3.16.